The Kier molecular flexibility index (Phi) is 8.06. The fourth-order valence-electron chi connectivity index (χ4n) is 3.02. The lowest BCUT2D eigenvalue weighted by molar-refractivity contribution is -0.149. The van der Waals surface area contributed by atoms with E-state index >= 15 is 0 Å². The maximum absolute atomic E-state index is 12.5. The monoisotopic (exact) mass is 401 g/mol. The average Bonchev–Trinajstić information content (AvgIpc) is 2.68. The molecule has 2 aromatic rings. The number of ether oxygens (including phenoxy) is 1. The van der Waals surface area contributed by atoms with Crippen molar-refractivity contribution in [3.63, 3.8) is 0 Å². The summed E-state index contributed by atoms with van der Waals surface area (Å²) in [4.78, 5) is 24.7. The van der Waals surface area contributed by atoms with Crippen molar-refractivity contribution in [3.8, 4) is 0 Å². The highest BCUT2D eigenvalue weighted by Crippen LogP contribution is 2.27. The number of carbonyl (C=O) groups excluding carboxylic acids is 2. The summed E-state index contributed by atoms with van der Waals surface area (Å²) >= 11 is 5.92. The first-order valence-corrected chi connectivity index (χ1v) is 10.0. The first kappa shape index (κ1) is 22.0. The summed E-state index contributed by atoms with van der Waals surface area (Å²) in [5, 5.41) is 3.37. The van der Waals surface area contributed by atoms with Crippen LogP contribution in [0.4, 0.5) is 5.69 Å². The minimum atomic E-state index is -0.445. The molecule has 0 spiro atoms. The van der Waals surface area contributed by atoms with Crippen molar-refractivity contribution in [2.75, 3.05) is 11.9 Å². The summed E-state index contributed by atoms with van der Waals surface area (Å²) in [6, 6.07) is 14.9. The third kappa shape index (κ3) is 6.10. The average molecular weight is 402 g/mol. The molecule has 0 radical (unpaired) electrons. The molecule has 0 heterocycles. The second-order valence-electron chi connectivity index (χ2n) is 7.36. The lowest BCUT2D eigenvalue weighted by atomic mass is 9.88. The predicted octanol–water partition coefficient (Wildman–Crippen LogP) is 5.78. The summed E-state index contributed by atoms with van der Waals surface area (Å²) in [5.41, 5.74) is 2.74. The second kappa shape index (κ2) is 10.3. The smallest absolute Gasteiger partial charge is 0.314 e. The molecule has 0 aliphatic carbocycles. The van der Waals surface area contributed by atoms with Crippen LogP contribution >= 0.6 is 11.6 Å². The molecule has 0 saturated carbocycles. The highest BCUT2D eigenvalue weighted by atomic mass is 35.5. The van der Waals surface area contributed by atoms with E-state index in [9.17, 15) is 9.59 Å². The van der Waals surface area contributed by atoms with Crippen LogP contribution in [0, 0.1) is 5.92 Å². The van der Waals surface area contributed by atoms with Gasteiger partial charge >= 0.3 is 5.97 Å². The summed E-state index contributed by atoms with van der Waals surface area (Å²) in [6.07, 6.45) is 1.06. The Bertz CT molecular complexity index is 784. The number of amides is 1. The van der Waals surface area contributed by atoms with Crippen molar-refractivity contribution in [3.05, 3.63) is 64.7 Å². The number of anilines is 1. The van der Waals surface area contributed by atoms with Crippen LogP contribution in [0.5, 0.6) is 0 Å². The Morgan fingerprint density at radius 3 is 2.07 bits per heavy atom. The molecule has 2 aromatic carbocycles. The van der Waals surface area contributed by atoms with Crippen molar-refractivity contribution in [1.29, 1.82) is 0 Å². The summed E-state index contributed by atoms with van der Waals surface area (Å²) in [5.74, 6) is -0.709. The fraction of sp³-hybridized carbons (Fsp3) is 0.391. The largest absolute Gasteiger partial charge is 0.455 e. The van der Waals surface area contributed by atoms with E-state index in [0.717, 1.165) is 12.0 Å². The quantitative estimate of drug-likeness (QED) is 0.571. The Labute approximate surface area is 172 Å². The Balaban J connectivity index is 1.93. The third-order valence-electron chi connectivity index (χ3n) is 4.87. The van der Waals surface area contributed by atoms with Crippen LogP contribution in [-0.4, -0.2) is 18.5 Å². The van der Waals surface area contributed by atoms with Gasteiger partial charge in [0.05, 0.1) is 5.92 Å². The van der Waals surface area contributed by atoms with E-state index in [1.54, 1.807) is 12.1 Å². The molecule has 0 aromatic heterocycles. The van der Waals surface area contributed by atoms with Crippen molar-refractivity contribution in [1.82, 2.24) is 0 Å². The molecule has 5 heteroatoms. The van der Waals surface area contributed by atoms with Gasteiger partial charge in [-0.2, -0.15) is 0 Å². The van der Waals surface area contributed by atoms with E-state index in [-0.39, 0.29) is 18.4 Å². The first-order valence-electron chi connectivity index (χ1n) is 9.63. The maximum atomic E-state index is 12.5. The van der Waals surface area contributed by atoms with Crippen LogP contribution in [0.2, 0.25) is 5.02 Å². The second-order valence-corrected chi connectivity index (χ2v) is 7.80. The molecule has 0 unspecified atom stereocenters. The standard InChI is InChI=1S/C23H28ClNO3/c1-5-16(4)17-8-12-20(13-9-17)25-21(26)14-28-23(27)22(15(2)3)18-6-10-19(24)11-7-18/h6-13,15-16,22H,5,14H2,1-4H3,(H,25,26)/t16-,22+/m1/s1. The van der Waals surface area contributed by atoms with E-state index in [4.69, 9.17) is 16.3 Å². The van der Waals surface area contributed by atoms with Crippen LogP contribution in [-0.2, 0) is 14.3 Å². The van der Waals surface area contributed by atoms with Crippen molar-refractivity contribution in [2.24, 2.45) is 5.92 Å². The van der Waals surface area contributed by atoms with Gasteiger partial charge in [-0.25, -0.2) is 0 Å². The van der Waals surface area contributed by atoms with Gasteiger partial charge in [0.25, 0.3) is 5.91 Å². The first-order chi connectivity index (χ1) is 13.3. The van der Waals surface area contributed by atoms with Crippen molar-refractivity contribution in [2.45, 2.75) is 46.0 Å². The molecule has 0 saturated heterocycles. The molecule has 28 heavy (non-hydrogen) atoms. The van der Waals surface area contributed by atoms with Gasteiger partial charge in [-0.3, -0.25) is 9.59 Å². The normalized spacial score (nSPS) is 13.1. The van der Waals surface area contributed by atoms with E-state index < -0.39 is 11.9 Å². The Hall–Kier alpha value is -2.33. The van der Waals surface area contributed by atoms with Crippen LogP contribution in [0.25, 0.3) is 0 Å². The number of nitrogens with one attached hydrogen (secondary N) is 1. The maximum Gasteiger partial charge on any atom is 0.314 e. The van der Waals surface area contributed by atoms with Gasteiger partial charge in [-0.15, -0.1) is 0 Å². The Morgan fingerprint density at radius 2 is 1.54 bits per heavy atom. The van der Waals surface area contributed by atoms with Gasteiger partial charge in [0.1, 0.15) is 0 Å². The van der Waals surface area contributed by atoms with Crippen LogP contribution in [0.1, 0.15) is 57.1 Å². The lowest BCUT2D eigenvalue weighted by Crippen LogP contribution is -2.26. The van der Waals surface area contributed by atoms with Gasteiger partial charge in [0.15, 0.2) is 6.61 Å². The minimum Gasteiger partial charge on any atom is -0.455 e. The number of hydrogen-bond donors (Lipinski definition) is 1. The lowest BCUT2D eigenvalue weighted by Gasteiger charge is -2.20. The zero-order chi connectivity index (χ0) is 20.7. The van der Waals surface area contributed by atoms with Gasteiger partial charge in [-0.1, -0.05) is 63.6 Å². The number of rotatable bonds is 8. The van der Waals surface area contributed by atoms with Crippen LogP contribution in [0.3, 0.4) is 0 Å². The molecular weight excluding hydrogens is 374 g/mol. The molecule has 1 amide bonds. The van der Waals surface area contributed by atoms with E-state index in [2.05, 4.69) is 19.2 Å². The molecule has 1 N–H and O–H groups in total. The number of esters is 1. The number of hydrogen-bond acceptors (Lipinski definition) is 3. The molecule has 2 rings (SSSR count). The molecule has 2 atom stereocenters. The number of halogens is 1. The summed E-state index contributed by atoms with van der Waals surface area (Å²) in [7, 11) is 0. The predicted molar refractivity (Wildman–Crippen MR) is 114 cm³/mol. The minimum absolute atomic E-state index is 0.0323. The van der Waals surface area contributed by atoms with Gasteiger partial charge < -0.3 is 10.1 Å². The highest BCUT2D eigenvalue weighted by Gasteiger charge is 2.26. The van der Waals surface area contributed by atoms with Gasteiger partial charge in [0, 0.05) is 10.7 Å². The number of carbonyl (C=O) groups is 2. The van der Waals surface area contributed by atoms with Crippen LogP contribution in [0.15, 0.2) is 48.5 Å². The van der Waals surface area contributed by atoms with Crippen molar-refractivity contribution < 1.29 is 14.3 Å². The van der Waals surface area contributed by atoms with Crippen molar-refractivity contribution >= 4 is 29.2 Å². The molecule has 0 fully saturated rings. The number of benzene rings is 2. The van der Waals surface area contributed by atoms with Gasteiger partial charge in [-0.05, 0) is 53.6 Å². The van der Waals surface area contributed by atoms with Crippen LogP contribution < -0.4 is 5.32 Å². The zero-order valence-corrected chi connectivity index (χ0v) is 17.6. The van der Waals surface area contributed by atoms with Gasteiger partial charge in [0.2, 0.25) is 0 Å². The zero-order valence-electron chi connectivity index (χ0n) is 16.9. The molecule has 0 aliphatic heterocycles. The fourth-order valence-corrected chi connectivity index (χ4v) is 3.14. The Morgan fingerprint density at radius 1 is 0.964 bits per heavy atom. The molecule has 0 aliphatic rings. The highest BCUT2D eigenvalue weighted by molar-refractivity contribution is 6.30. The topological polar surface area (TPSA) is 55.4 Å². The third-order valence-corrected chi connectivity index (χ3v) is 5.12. The molecular formula is C23H28ClNO3. The summed E-state index contributed by atoms with van der Waals surface area (Å²) in [6.45, 7) is 7.88. The molecule has 150 valence electrons. The van der Waals surface area contributed by atoms with E-state index in [1.807, 2.05) is 50.2 Å². The summed E-state index contributed by atoms with van der Waals surface area (Å²) < 4.78 is 5.28. The molecule has 0 bridgehead atoms. The SMILES string of the molecule is CC[C@@H](C)c1ccc(NC(=O)COC(=O)[C@H](c2ccc(Cl)cc2)C(C)C)cc1. The van der Waals surface area contributed by atoms with E-state index in [1.165, 1.54) is 5.56 Å². The van der Waals surface area contributed by atoms with E-state index in [0.29, 0.717) is 16.6 Å². The molecule has 4 nitrogen and oxygen atoms in total.